The first-order chi connectivity index (χ1) is 2.77. The Morgan fingerprint density at radius 2 is 2.50 bits per heavy atom. The van der Waals surface area contributed by atoms with E-state index in [1.807, 2.05) is 0 Å². The van der Waals surface area contributed by atoms with Gasteiger partial charge in [-0.1, -0.05) is 0 Å². The van der Waals surface area contributed by atoms with Crippen molar-refractivity contribution in [3.8, 4) is 0 Å². The molecule has 0 spiro atoms. The fourth-order valence-corrected chi connectivity index (χ4v) is 1.74. The van der Waals surface area contributed by atoms with Gasteiger partial charge in [-0.25, -0.2) is 0 Å². The Balaban J connectivity index is 2.83. The van der Waals surface area contributed by atoms with Crippen LogP contribution in [0.5, 0.6) is 0 Å². The molecule has 0 atom stereocenters. The molecule has 6 heavy (non-hydrogen) atoms. The number of nitrogens with two attached hydrogens (primary N) is 1. The van der Waals surface area contributed by atoms with Crippen molar-refractivity contribution in [3.63, 3.8) is 0 Å². The van der Waals surface area contributed by atoms with Gasteiger partial charge in [-0.2, -0.15) is 0 Å². The first-order valence-corrected chi connectivity index (χ1v) is 7.62. The van der Waals surface area contributed by atoms with Crippen molar-refractivity contribution in [2.24, 2.45) is 5.73 Å². The van der Waals surface area contributed by atoms with Crippen LogP contribution >= 0.6 is 12.7 Å². The maximum absolute atomic E-state index is 9.82. The van der Waals surface area contributed by atoms with Gasteiger partial charge in [0.2, 0.25) is 0 Å². The summed E-state index contributed by atoms with van der Waals surface area (Å²) in [6.45, 7) is 0. The van der Waals surface area contributed by atoms with Gasteiger partial charge in [0, 0.05) is 0 Å². The van der Waals surface area contributed by atoms with E-state index in [9.17, 15) is 4.79 Å². The molecule has 2 N–H and O–H groups in total. The van der Waals surface area contributed by atoms with Crippen molar-refractivity contribution >= 4 is 18.6 Å². The molecule has 0 aliphatic heterocycles. The second-order valence-electron chi connectivity index (χ2n) is 0.701. The number of carbonyl (C=O) groups is 1. The first-order valence-electron chi connectivity index (χ1n) is 1.26. The van der Waals surface area contributed by atoms with Gasteiger partial charge in [0.1, 0.15) is 0 Å². The van der Waals surface area contributed by atoms with Crippen LogP contribution in [-0.4, -0.2) is 10.3 Å². The van der Waals surface area contributed by atoms with E-state index in [1.165, 1.54) is 0 Å². The van der Waals surface area contributed by atoms with E-state index in [0.29, 0.717) is 4.43 Å². The Morgan fingerprint density at radius 3 is 2.50 bits per heavy atom. The van der Waals surface area contributed by atoms with Gasteiger partial charge < -0.3 is 0 Å². The van der Waals surface area contributed by atoms with Crippen molar-refractivity contribution in [2.75, 3.05) is 4.43 Å². The molecule has 0 fully saturated rings. The van der Waals surface area contributed by atoms with E-state index in [0.717, 1.165) is 0 Å². The van der Waals surface area contributed by atoms with Crippen LogP contribution in [0, 0.1) is 0 Å². The molecule has 0 heterocycles. The van der Waals surface area contributed by atoms with Gasteiger partial charge in [-0.15, -0.1) is 0 Å². The van der Waals surface area contributed by atoms with Crippen LogP contribution in [0.2, 0.25) is 0 Å². The summed E-state index contributed by atoms with van der Waals surface area (Å²) < 4.78 is 0.541. The molecule has 0 aromatic rings. The van der Waals surface area contributed by atoms with Gasteiger partial charge in [0.25, 0.3) is 0 Å². The van der Waals surface area contributed by atoms with E-state index in [2.05, 4.69) is 12.7 Å². The van der Waals surface area contributed by atoms with Crippen LogP contribution in [-0.2, 0) is 4.79 Å². The number of rotatable bonds is 2. The molecular weight excluding hydrogens is 261 g/mol. The molecule has 0 unspecified atom stereocenters. The third kappa shape index (κ3) is 4.68. The molecule has 2 nitrogen and oxygen atoms in total. The number of hydrogen-bond acceptors (Lipinski definition) is 1. The molecule has 0 aliphatic rings. The third-order valence-electron chi connectivity index (χ3n) is 0.182. The van der Waals surface area contributed by atoms with E-state index in [1.54, 1.807) is 0 Å². The average molecular weight is 265 g/mol. The molecule has 0 aromatic heterocycles. The topological polar surface area (TPSA) is 43.1 Å². The number of hydrogen-bond donors (Lipinski definition) is 1. The summed E-state index contributed by atoms with van der Waals surface area (Å²) in [5, 5.41) is 0. The van der Waals surface area contributed by atoms with Gasteiger partial charge >= 0.3 is 52.5 Å². The molecular formula is C2H4BrINO-. The molecule has 0 saturated heterocycles. The molecule has 1 amide bonds. The Hall–Kier alpha value is 0.680. The van der Waals surface area contributed by atoms with E-state index >= 15 is 0 Å². The standard InChI is InChI=1S/C2H4BrINO/c3-4-1-2(5)6/h1H2,(H2,5,6)/q-1. The summed E-state index contributed by atoms with van der Waals surface area (Å²) in [4.78, 5) is 9.82. The summed E-state index contributed by atoms with van der Waals surface area (Å²) in [5.41, 5.74) is 4.76. The molecule has 38 valence electrons. The predicted octanol–water partition coefficient (Wildman–Crippen LogP) is -3.13. The summed E-state index contributed by atoms with van der Waals surface area (Å²) in [7, 11) is 0. The molecule has 0 bridgehead atoms. The number of carbonyl (C=O) groups excluding carboxylic acids is 1. The van der Waals surface area contributed by atoms with Crippen molar-refractivity contribution in [3.05, 3.63) is 0 Å². The number of halogens is 2. The molecule has 0 radical (unpaired) electrons. The number of amides is 1. The summed E-state index contributed by atoms with van der Waals surface area (Å²) in [5.74, 6) is -0.209. The van der Waals surface area contributed by atoms with Crippen LogP contribution < -0.4 is 24.7 Å². The predicted molar refractivity (Wildman–Crippen MR) is 23.0 cm³/mol. The summed E-state index contributed by atoms with van der Waals surface area (Å²) >= 11 is 3.06. The third-order valence-corrected chi connectivity index (χ3v) is 2.64. The molecule has 0 aromatic carbocycles. The molecule has 0 saturated carbocycles. The number of alkyl halides is 1. The van der Waals surface area contributed by atoms with Crippen molar-refractivity contribution in [1.29, 1.82) is 0 Å². The van der Waals surface area contributed by atoms with E-state index < -0.39 is 0 Å². The van der Waals surface area contributed by atoms with Gasteiger partial charge in [0.05, 0.1) is 0 Å². The average Bonchev–Trinajstić information content (AvgIpc) is 1.35. The molecule has 4 heteroatoms. The minimum absolute atomic E-state index is 0.0949. The van der Waals surface area contributed by atoms with Crippen molar-refractivity contribution in [1.82, 2.24) is 0 Å². The minimum atomic E-state index is -0.209. The molecule has 0 rings (SSSR count). The zero-order valence-corrected chi connectivity index (χ0v) is 6.69. The quantitative estimate of drug-likeness (QED) is 0.416. The number of primary amides is 1. The fraction of sp³-hybridized carbons (Fsp3) is 0.500. The second kappa shape index (κ2) is 3.86. The van der Waals surface area contributed by atoms with Gasteiger partial charge in [0.15, 0.2) is 0 Å². The van der Waals surface area contributed by atoms with E-state index in [-0.39, 0.29) is 24.9 Å². The van der Waals surface area contributed by atoms with Crippen LogP contribution in [0.15, 0.2) is 0 Å². The maximum atomic E-state index is 9.82. The van der Waals surface area contributed by atoms with Gasteiger partial charge in [-0.05, 0) is 0 Å². The zero-order valence-electron chi connectivity index (χ0n) is 2.95. The normalized spacial score (nSPS) is 8.83. The van der Waals surface area contributed by atoms with Crippen LogP contribution in [0.4, 0.5) is 0 Å². The Kier molecular flexibility index (Phi) is 4.29. The zero-order chi connectivity index (χ0) is 4.99. The van der Waals surface area contributed by atoms with Crippen LogP contribution in [0.25, 0.3) is 0 Å². The fourth-order valence-electron chi connectivity index (χ4n) is 0.0498. The Bertz CT molecular complexity index is 57.5. The Morgan fingerprint density at radius 1 is 2.00 bits per heavy atom. The van der Waals surface area contributed by atoms with E-state index in [4.69, 9.17) is 5.73 Å². The monoisotopic (exact) mass is 264 g/mol. The first kappa shape index (κ1) is 6.68. The SMILES string of the molecule is NC(=O)C[I-]Br. The van der Waals surface area contributed by atoms with Crippen molar-refractivity contribution in [2.45, 2.75) is 0 Å². The van der Waals surface area contributed by atoms with Crippen LogP contribution in [0.3, 0.4) is 0 Å². The van der Waals surface area contributed by atoms with Gasteiger partial charge in [-0.3, -0.25) is 0 Å². The molecule has 0 aliphatic carbocycles. The summed E-state index contributed by atoms with van der Waals surface area (Å²) in [6.07, 6.45) is 0. The second-order valence-corrected chi connectivity index (χ2v) is 4.88. The van der Waals surface area contributed by atoms with Crippen molar-refractivity contribution < 1.29 is 23.8 Å². The van der Waals surface area contributed by atoms with Crippen LogP contribution in [0.1, 0.15) is 0 Å². The Labute approximate surface area is 52.5 Å². The summed E-state index contributed by atoms with van der Waals surface area (Å²) in [6, 6.07) is 0.